The molecular formula is C13H15N3O4S. The molecule has 0 saturated carbocycles. The van der Waals surface area contributed by atoms with Crippen molar-refractivity contribution in [3.8, 4) is 17.7 Å². The Hall–Kier alpha value is -2.40. The van der Waals surface area contributed by atoms with Crippen molar-refractivity contribution in [3.05, 3.63) is 17.7 Å². The lowest BCUT2D eigenvalue weighted by molar-refractivity contribution is 0.0697. The van der Waals surface area contributed by atoms with Gasteiger partial charge in [-0.05, 0) is 13.2 Å². The van der Waals surface area contributed by atoms with Gasteiger partial charge >= 0.3 is 5.97 Å². The first-order valence-electron chi connectivity index (χ1n) is 5.93. The van der Waals surface area contributed by atoms with Crippen LogP contribution in [0.4, 0.5) is 5.69 Å². The Morgan fingerprint density at radius 2 is 2.24 bits per heavy atom. The van der Waals surface area contributed by atoms with Crippen LogP contribution in [0.25, 0.3) is 0 Å². The first-order valence-corrected chi connectivity index (χ1v) is 7.15. The van der Waals surface area contributed by atoms with Gasteiger partial charge in [0.25, 0.3) is 0 Å². The van der Waals surface area contributed by atoms with Crippen molar-refractivity contribution in [3.63, 3.8) is 0 Å². The number of ether oxygens (including phenoxy) is 2. The lowest BCUT2D eigenvalue weighted by atomic mass is 10.1. The van der Waals surface area contributed by atoms with Crippen molar-refractivity contribution in [2.75, 3.05) is 20.0 Å². The third-order valence-corrected chi connectivity index (χ3v) is 2.97. The van der Waals surface area contributed by atoms with Gasteiger partial charge in [0.05, 0.1) is 25.0 Å². The molecule has 21 heavy (non-hydrogen) atoms. The topological polar surface area (TPSA) is 104 Å². The number of carboxylic acid groups (broad SMARTS) is 1. The zero-order valence-electron chi connectivity index (χ0n) is 11.8. The maximum Gasteiger partial charge on any atom is 0.338 e. The molecule has 0 heterocycles. The van der Waals surface area contributed by atoms with Gasteiger partial charge in [-0.1, -0.05) is 11.8 Å². The number of aromatic carboxylic acids is 1. The third-order valence-electron chi connectivity index (χ3n) is 2.39. The van der Waals surface area contributed by atoms with E-state index in [0.29, 0.717) is 18.1 Å². The summed E-state index contributed by atoms with van der Waals surface area (Å²) >= 11 is 1.19. The van der Waals surface area contributed by atoms with Crippen LogP contribution in [-0.2, 0) is 0 Å². The lowest BCUT2D eigenvalue weighted by Crippen LogP contribution is -2.13. The maximum atomic E-state index is 11.3. The van der Waals surface area contributed by atoms with Crippen LogP contribution in [0.3, 0.4) is 0 Å². The Kier molecular flexibility index (Phi) is 6.36. The zero-order valence-corrected chi connectivity index (χ0v) is 12.7. The summed E-state index contributed by atoms with van der Waals surface area (Å²) in [6.45, 7) is 2.17. The molecule has 0 bridgehead atoms. The van der Waals surface area contributed by atoms with Gasteiger partial charge in [-0.15, -0.1) is 0 Å². The molecule has 0 aliphatic carbocycles. The van der Waals surface area contributed by atoms with Gasteiger partial charge in [-0.25, -0.2) is 9.79 Å². The van der Waals surface area contributed by atoms with Crippen molar-refractivity contribution in [1.29, 1.82) is 5.26 Å². The van der Waals surface area contributed by atoms with Crippen LogP contribution in [0.1, 0.15) is 17.3 Å². The van der Waals surface area contributed by atoms with E-state index in [0.717, 1.165) is 0 Å². The standard InChI is InChI=1S/C13H15N3O4S/c1-4-20-11-5-8(12(17)18)9(6-10(11)19-2)16-13(21-3)15-7-14/h5-6H,4H2,1-3H3,(H,15,16)(H,17,18). The van der Waals surface area contributed by atoms with E-state index < -0.39 is 5.97 Å². The first kappa shape index (κ1) is 16.7. The molecule has 1 aromatic carbocycles. The molecule has 0 radical (unpaired) electrons. The largest absolute Gasteiger partial charge is 0.493 e. The minimum atomic E-state index is -1.14. The molecule has 8 heteroatoms. The number of methoxy groups -OCH3 is 1. The highest BCUT2D eigenvalue weighted by atomic mass is 32.2. The van der Waals surface area contributed by atoms with Crippen LogP contribution in [0, 0.1) is 11.5 Å². The lowest BCUT2D eigenvalue weighted by Gasteiger charge is -2.12. The second kappa shape index (κ2) is 8.01. The highest BCUT2D eigenvalue weighted by Gasteiger charge is 2.17. The molecule has 0 aromatic heterocycles. The summed E-state index contributed by atoms with van der Waals surface area (Å²) in [5.74, 6) is -0.442. The van der Waals surface area contributed by atoms with Crippen molar-refractivity contribution in [2.45, 2.75) is 6.92 Å². The van der Waals surface area contributed by atoms with Crippen LogP contribution < -0.4 is 14.8 Å². The predicted molar refractivity (Wildman–Crippen MR) is 80.5 cm³/mol. The Morgan fingerprint density at radius 1 is 1.52 bits per heavy atom. The van der Waals surface area contributed by atoms with E-state index in [-0.39, 0.29) is 16.4 Å². The number of thioether (sulfide) groups is 1. The number of hydrogen-bond acceptors (Lipinski definition) is 6. The summed E-state index contributed by atoms with van der Waals surface area (Å²) in [6.07, 6.45) is 3.46. The summed E-state index contributed by atoms with van der Waals surface area (Å²) in [6, 6.07) is 2.82. The Morgan fingerprint density at radius 3 is 2.71 bits per heavy atom. The molecule has 7 nitrogen and oxygen atoms in total. The van der Waals surface area contributed by atoms with Gasteiger partial charge in [0, 0.05) is 12.1 Å². The summed E-state index contributed by atoms with van der Waals surface area (Å²) < 4.78 is 10.5. The van der Waals surface area contributed by atoms with Crippen LogP contribution in [0.2, 0.25) is 0 Å². The number of nitriles is 1. The minimum Gasteiger partial charge on any atom is -0.493 e. The van der Waals surface area contributed by atoms with E-state index in [9.17, 15) is 9.90 Å². The van der Waals surface area contributed by atoms with Gasteiger partial charge < -0.3 is 14.6 Å². The molecule has 1 rings (SSSR count). The first-order chi connectivity index (χ1) is 10.1. The van der Waals surface area contributed by atoms with E-state index in [1.165, 1.54) is 31.0 Å². The zero-order chi connectivity index (χ0) is 15.8. The molecule has 0 spiro atoms. The second-order valence-corrected chi connectivity index (χ2v) is 4.41. The summed E-state index contributed by atoms with van der Waals surface area (Å²) in [5.41, 5.74) is 0.139. The summed E-state index contributed by atoms with van der Waals surface area (Å²) in [7, 11) is 1.45. The number of benzene rings is 1. The molecule has 112 valence electrons. The smallest absolute Gasteiger partial charge is 0.338 e. The van der Waals surface area contributed by atoms with Crippen LogP contribution in [0.15, 0.2) is 17.1 Å². The van der Waals surface area contributed by atoms with Crippen LogP contribution in [0.5, 0.6) is 11.5 Å². The number of hydrogen-bond donors (Lipinski definition) is 2. The van der Waals surface area contributed by atoms with Gasteiger partial charge in [0.2, 0.25) is 0 Å². The molecule has 0 aliphatic rings. The highest BCUT2D eigenvalue weighted by molar-refractivity contribution is 8.13. The monoisotopic (exact) mass is 309 g/mol. The Balaban J connectivity index is 3.42. The number of carbonyl (C=O) groups is 1. The third kappa shape index (κ3) is 4.29. The fourth-order valence-corrected chi connectivity index (χ4v) is 1.86. The molecule has 0 fully saturated rings. The molecule has 0 unspecified atom stereocenters. The van der Waals surface area contributed by atoms with Gasteiger partial charge in [-0.3, -0.25) is 5.32 Å². The SMILES string of the molecule is CCOc1cc(C(=O)O)c(N=C(NC#N)SC)cc1OC. The fraction of sp³-hybridized carbons (Fsp3) is 0.308. The van der Waals surface area contributed by atoms with Crippen molar-refractivity contribution < 1.29 is 19.4 Å². The molecule has 0 aliphatic heterocycles. The number of nitrogens with zero attached hydrogens (tertiary/aromatic N) is 2. The predicted octanol–water partition coefficient (Wildman–Crippen LogP) is 2.21. The number of nitrogens with one attached hydrogen (secondary N) is 1. The minimum absolute atomic E-state index is 0.0365. The molecule has 2 N–H and O–H groups in total. The molecule has 0 atom stereocenters. The van der Waals surface area contributed by atoms with E-state index >= 15 is 0 Å². The van der Waals surface area contributed by atoms with Gasteiger partial charge in [0.1, 0.15) is 0 Å². The quantitative estimate of drug-likeness (QED) is 0.372. The fourth-order valence-electron chi connectivity index (χ4n) is 1.52. The maximum absolute atomic E-state index is 11.3. The van der Waals surface area contributed by atoms with Crippen molar-refractivity contribution in [1.82, 2.24) is 5.32 Å². The van der Waals surface area contributed by atoms with Crippen molar-refractivity contribution >= 4 is 28.6 Å². The number of carboxylic acids is 1. The molecular weight excluding hydrogens is 294 g/mol. The summed E-state index contributed by atoms with van der Waals surface area (Å²) in [5, 5.41) is 20.6. The number of amidine groups is 1. The van der Waals surface area contributed by atoms with Gasteiger partial charge in [0.15, 0.2) is 22.9 Å². The Labute approximate surface area is 126 Å². The van der Waals surface area contributed by atoms with Crippen LogP contribution in [-0.4, -0.2) is 36.2 Å². The number of aliphatic imine (C=N–C) groups is 1. The average molecular weight is 309 g/mol. The molecule has 0 saturated heterocycles. The number of rotatable bonds is 5. The van der Waals surface area contributed by atoms with Gasteiger partial charge in [-0.2, -0.15) is 5.26 Å². The van der Waals surface area contributed by atoms with E-state index in [1.54, 1.807) is 19.4 Å². The van der Waals surface area contributed by atoms with E-state index in [4.69, 9.17) is 14.7 Å². The van der Waals surface area contributed by atoms with E-state index in [1.807, 2.05) is 0 Å². The Bertz CT molecular complexity index is 596. The van der Waals surface area contributed by atoms with Crippen LogP contribution >= 0.6 is 11.8 Å². The van der Waals surface area contributed by atoms with E-state index in [2.05, 4.69) is 10.3 Å². The second-order valence-electron chi connectivity index (χ2n) is 3.62. The normalized spacial score (nSPS) is 10.7. The summed E-state index contributed by atoms with van der Waals surface area (Å²) in [4.78, 5) is 15.5. The average Bonchev–Trinajstić information content (AvgIpc) is 2.47. The molecule has 1 aromatic rings. The highest BCUT2D eigenvalue weighted by Crippen LogP contribution is 2.35. The van der Waals surface area contributed by atoms with Crippen molar-refractivity contribution in [2.24, 2.45) is 4.99 Å². The molecule has 0 amide bonds.